The highest BCUT2D eigenvalue weighted by Crippen LogP contribution is 2.34. The molecule has 2 heterocycles. The predicted molar refractivity (Wildman–Crippen MR) is 114 cm³/mol. The lowest BCUT2D eigenvalue weighted by Gasteiger charge is -2.08. The second-order valence-electron chi connectivity index (χ2n) is 6.23. The minimum Gasteiger partial charge on any atom is -0.493 e. The van der Waals surface area contributed by atoms with Gasteiger partial charge in [-0.1, -0.05) is 30.0 Å². The van der Waals surface area contributed by atoms with Crippen LogP contribution in [-0.4, -0.2) is 29.4 Å². The molecule has 4 aromatic rings. The van der Waals surface area contributed by atoms with Gasteiger partial charge in [-0.25, -0.2) is 9.37 Å². The van der Waals surface area contributed by atoms with Crippen LogP contribution in [0, 0.1) is 5.82 Å². The topological polar surface area (TPSA) is 70.3 Å². The maximum atomic E-state index is 13.8. The monoisotopic (exact) mass is 443 g/mol. The van der Waals surface area contributed by atoms with Crippen molar-refractivity contribution in [3.63, 3.8) is 0 Å². The predicted octanol–water partition coefficient (Wildman–Crippen LogP) is 5.23. The van der Waals surface area contributed by atoms with Gasteiger partial charge in [-0.15, -0.1) is 21.5 Å². The first-order chi connectivity index (χ1) is 14.7. The lowest BCUT2D eigenvalue weighted by atomic mass is 10.1. The maximum Gasteiger partial charge on any atom is 0.276 e. The van der Waals surface area contributed by atoms with E-state index in [-0.39, 0.29) is 12.2 Å². The highest BCUT2D eigenvalue weighted by atomic mass is 32.2. The molecule has 0 atom stereocenters. The fourth-order valence-electron chi connectivity index (χ4n) is 2.78. The van der Waals surface area contributed by atoms with Crippen LogP contribution >= 0.6 is 23.1 Å². The number of thioether (sulfide) groups is 1. The lowest BCUT2D eigenvalue weighted by molar-refractivity contribution is 0.355. The molecule has 2 aromatic carbocycles. The standard InChI is InChI=1S/C21H18FN3O3S2/c1-26-17-8-7-14(9-18(17)27-2)20-23-15(11-29-20)12-30-21-25-24-19(28-21)10-13-5-3-4-6-16(13)22/h3-9,11H,10,12H2,1-2H3. The van der Waals surface area contributed by atoms with Crippen LogP contribution in [0.4, 0.5) is 4.39 Å². The molecule has 0 radical (unpaired) electrons. The van der Waals surface area contributed by atoms with E-state index in [4.69, 9.17) is 13.9 Å². The molecule has 0 unspecified atom stereocenters. The van der Waals surface area contributed by atoms with E-state index in [1.165, 1.54) is 17.8 Å². The van der Waals surface area contributed by atoms with Crippen molar-refractivity contribution in [2.45, 2.75) is 17.4 Å². The Morgan fingerprint density at radius 3 is 2.70 bits per heavy atom. The van der Waals surface area contributed by atoms with Crippen molar-refractivity contribution < 1.29 is 18.3 Å². The second-order valence-corrected chi connectivity index (χ2v) is 8.02. The number of thiazole rings is 1. The van der Waals surface area contributed by atoms with E-state index >= 15 is 0 Å². The third kappa shape index (κ3) is 4.63. The van der Waals surface area contributed by atoms with Crippen molar-refractivity contribution in [1.29, 1.82) is 0 Å². The first-order valence-corrected chi connectivity index (χ1v) is 10.9. The number of ether oxygens (including phenoxy) is 2. The minimum atomic E-state index is -0.282. The van der Waals surface area contributed by atoms with Crippen LogP contribution in [0.3, 0.4) is 0 Å². The number of aromatic nitrogens is 3. The molecule has 2 aromatic heterocycles. The van der Waals surface area contributed by atoms with Gasteiger partial charge in [0.05, 0.1) is 26.3 Å². The van der Waals surface area contributed by atoms with Gasteiger partial charge in [-0.05, 0) is 29.8 Å². The summed E-state index contributed by atoms with van der Waals surface area (Å²) in [5, 5.41) is 11.4. The van der Waals surface area contributed by atoms with Gasteiger partial charge in [0.15, 0.2) is 11.5 Å². The van der Waals surface area contributed by atoms with E-state index in [0.29, 0.717) is 33.9 Å². The Morgan fingerprint density at radius 2 is 1.90 bits per heavy atom. The average Bonchev–Trinajstić information content (AvgIpc) is 3.43. The third-order valence-electron chi connectivity index (χ3n) is 4.27. The molecule has 6 nitrogen and oxygen atoms in total. The molecular formula is C21H18FN3O3S2. The molecule has 0 N–H and O–H groups in total. The number of hydrogen-bond donors (Lipinski definition) is 0. The van der Waals surface area contributed by atoms with E-state index in [1.807, 2.05) is 23.6 Å². The number of rotatable bonds is 8. The Bertz CT molecular complexity index is 1150. The van der Waals surface area contributed by atoms with Crippen LogP contribution < -0.4 is 9.47 Å². The summed E-state index contributed by atoms with van der Waals surface area (Å²) in [5.74, 6) is 2.03. The summed E-state index contributed by atoms with van der Waals surface area (Å²) in [6.07, 6.45) is 0.264. The van der Waals surface area contributed by atoms with Crippen LogP contribution in [0.2, 0.25) is 0 Å². The summed E-state index contributed by atoms with van der Waals surface area (Å²) in [6.45, 7) is 0. The minimum absolute atomic E-state index is 0.264. The highest BCUT2D eigenvalue weighted by molar-refractivity contribution is 7.98. The molecule has 30 heavy (non-hydrogen) atoms. The smallest absolute Gasteiger partial charge is 0.276 e. The Labute approximate surface area is 181 Å². The van der Waals surface area contributed by atoms with Gasteiger partial charge < -0.3 is 13.9 Å². The quantitative estimate of drug-likeness (QED) is 0.345. The van der Waals surface area contributed by atoms with Gasteiger partial charge in [-0.2, -0.15) is 0 Å². The Hall–Kier alpha value is -2.91. The first kappa shape index (κ1) is 20.4. The normalized spacial score (nSPS) is 10.9. The van der Waals surface area contributed by atoms with Crippen LogP contribution in [0.25, 0.3) is 10.6 Å². The molecule has 0 bridgehead atoms. The lowest BCUT2D eigenvalue weighted by Crippen LogP contribution is -1.92. The molecule has 0 amide bonds. The molecule has 0 aliphatic rings. The van der Waals surface area contributed by atoms with Crippen LogP contribution in [0.1, 0.15) is 17.1 Å². The number of halogens is 1. The summed E-state index contributed by atoms with van der Waals surface area (Å²) >= 11 is 2.95. The molecule has 0 aliphatic heterocycles. The van der Waals surface area contributed by atoms with Gasteiger partial charge in [0.1, 0.15) is 10.8 Å². The first-order valence-electron chi connectivity index (χ1n) is 9.01. The van der Waals surface area contributed by atoms with Gasteiger partial charge in [0.25, 0.3) is 5.22 Å². The maximum absolute atomic E-state index is 13.8. The average molecular weight is 444 g/mol. The van der Waals surface area contributed by atoms with Gasteiger partial charge in [-0.3, -0.25) is 0 Å². The summed E-state index contributed by atoms with van der Waals surface area (Å²) in [4.78, 5) is 4.67. The van der Waals surface area contributed by atoms with Crippen LogP contribution in [0.15, 0.2) is 57.5 Å². The van der Waals surface area contributed by atoms with Crippen LogP contribution in [-0.2, 0) is 12.2 Å². The fourth-order valence-corrected chi connectivity index (χ4v) is 4.38. The number of methoxy groups -OCH3 is 2. The Kier molecular flexibility index (Phi) is 6.29. The number of nitrogens with zero attached hydrogens (tertiary/aromatic N) is 3. The fraction of sp³-hybridized carbons (Fsp3) is 0.190. The van der Waals surface area contributed by atoms with Crippen molar-refractivity contribution in [3.8, 4) is 22.1 Å². The molecule has 0 saturated carbocycles. The SMILES string of the molecule is COc1ccc(-c2nc(CSc3nnc(Cc4ccccc4F)o3)cs2)cc1OC. The van der Waals surface area contributed by atoms with Gasteiger partial charge >= 0.3 is 0 Å². The summed E-state index contributed by atoms with van der Waals surface area (Å²) < 4.78 is 30.0. The van der Waals surface area contributed by atoms with Crippen molar-refractivity contribution >= 4 is 23.1 Å². The number of benzene rings is 2. The zero-order valence-electron chi connectivity index (χ0n) is 16.3. The van der Waals surface area contributed by atoms with E-state index in [9.17, 15) is 4.39 Å². The zero-order chi connectivity index (χ0) is 20.9. The Balaban J connectivity index is 1.39. The number of hydrogen-bond acceptors (Lipinski definition) is 8. The van der Waals surface area contributed by atoms with E-state index in [2.05, 4.69) is 15.2 Å². The molecule has 4 rings (SSSR count). The third-order valence-corrected chi connectivity index (χ3v) is 6.07. The Morgan fingerprint density at radius 1 is 1.07 bits per heavy atom. The molecule has 0 fully saturated rings. The second kappa shape index (κ2) is 9.27. The van der Waals surface area contributed by atoms with Crippen molar-refractivity contribution in [2.24, 2.45) is 0 Å². The van der Waals surface area contributed by atoms with Gasteiger partial charge in [0, 0.05) is 16.7 Å². The molecule has 0 saturated heterocycles. The van der Waals surface area contributed by atoms with E-state index < -0.39 is 0 Å². The van der Waals surface area contributed by atoms with Crippen molar-refractivity contribution in [2.75, 3.05) is 14.2 Å². The summed E-state index contributed by atoms with van der Waals surface area (Å²) in [7, 11) is 3.21. The molecular weight excluding hydrogens is 425 g/mol. The van der Waals surface area contributed by atoms with Crippen LogP contribution in [0.5, 0.6) is 11.5 Å². The summed E-state index contributed by atoms with van der Waals surface area (Å²) in [6, 6.07) is 12.3. The van der Waals surface area contributed by atoms with Gasteiger partial charge in [0.2, 0.25) is 5.89 Å². The molecule has 0 aliphatic carbocycles. The molecule has 154 valence electrons. The van der Waals surface area contributed by atoms with Crippen molar-refractivity contribution in [1.82, 2.24) is 15.2 Å². The van der Waals surface area contributed by atoms with E-state index in [1.54, 1.807) is 43.8 Å². The summed E-state index contributed by atoms with van der Waals surface area (Å²) in [5.41, 5.74) is 2.39. The van der Waals surface area contributed by atoms with Crippen molar-refractivity contribution in [3.05, 3.63) is 70.8 Å². The molecule has 0 spiro atoms. The largest absolute Gasteiger partial charge is 0.493 e. The highest BCUT2D eigenvalue weighted by Gasteiger charge is 2.13. The zero-order valence-corrected chi connectivity index (χ0v) is 17.9. The molecule has 9 heteroatoms. The van der Waals surface area contributed by atoms with E-state index in [0.717, 1.165) is 16.3 Å².